The topological polar surface area (TPSA) is 129 Å². The van der Waals surface area contributed by atoms with Crippen LogP contribution in [0.25, 0.3) is 0 Å². The molecule has 0 spiro atoms. The number of alkyl halides is 3. The zero-order chi connectivity index (χ0) is 40.6. The maximum Gasteiger partial charge on any atom is 0.417 e. The van der Waals surface area contributed by atoms with Crippen LogP contribution < -0.4 is 15.1 Å². The molecule has 2 saturated heterocycles. The maximum absolute atomic E-state index is 15.4. The fraction of sp³-hybridized carbons (Fsp3) is 0.310. The van der Waals surface area contributed by atoms with E-state index >= 15 is 4.79 Å². The number of amides is 4. The lowest BCUT2D eigenvalue weighted by molar-refractivity contribution is -0.139. The first-order valence-electron chi connectivity index (χ1n) is 18.5. The van der Waals surface area contributed by atoms with E-state index in [4.69, 9.17) is 27.9 Å². The number of nitrogens with zero attached hydrogens (tertiary/aromatic N) is 3. The summed E-state index contributed by atoms with van der Waals surface area (Å²) in [7, 11) is 0. The van der Waals surface area contributed by atoms with Gasteiger partial charge in [0.1, 0.15) is 0 Å². The van der Waals surface area contributed by atoms with E-state index < -0.39 is 69.5 Å². The lowest BCUT2D eigenvalue weighted by Crippen LogP contribution is -2.53. The van der Waals surface area contributed by atoms with E-state index in [9.17, 15) is 32.7 Å². The monoisotopic (exact) mass is 818 g/mol. The molecule has 2 aliphatic heterocycles. The number of nitrogens with one attached hydrogen (secondary N) is 1. The second-order valence-electron chi connectivity index (χ2n) is 14.6. The highest BCUT2D eigenvalue weighted by molar-refractivity contribution is 6.33. The first-order chi connectivity index (χ1) is 27.2. The number of aromatic hydroxyl groups is 1. The number of benzene rings is 3. The number of carbonyl (C=O) groups is 4. The van der Waals surface area contributed by atoms with Gasteiger partial charge in [-0.25, -0.2) is 4.98 Å². The molecule has 10 nitrogen and oxygen atoms in total. The Balaban J connectivity index is 1.32. The molecular weight excluding hydrogens is 784 g/mol. The number of hydrazine groups is 1. The molecular formula is C42H35Cl2F3N4O6. The summed E-state index contributed by atoms with van der Waals surface area (Å²) in [5.74, 6) is -7.75. The summed E-state index contributed by atoms with van der Waals surface area (Å²) in [6.07, 6.45) is -1.56. The van der Waals surface area contributed by atoms with Crippen LogP contribution in [-0.4, -0.2) is 45.3 Å². The molecule has 4 aromatic rings. The number of aromatic nitrogens is 1. The first kappa shape index (κ1) is 38.5. The Morgan fingerprint density at radius 3 is 2.32 bits per heavy atom. The van der Waals surface area contributed by atoms with E-state index in [0.717, 1.165) is 12.0 Å². The van der Waals surface area contributed by atoms with E-state index in [1.54, 1.807) is 61.5 Å². The van der Waals surface area contributed by atoms with Crippen molar-refractivity contribution in [2.24, 2.45) is 23.7 Å². The molecule has 0 bridgehead atoms. The molecule has 4 aliphatic rings. The molecule has 4 amide bonds. The lowest BCUT2D eigenvalue weighted by atomic mass is 9.49. The van der Waals surface area contributed by atoms with E-state index in [1.807, 2.05) is 25.1 Å². The van der Waals surface area contributed by atoms with Crippen LogP contribution in [0.1, 0.15) is 54.9 Å². The maximum atomic E-state index is 15.4. The zero-order valence-corrected chi connectivity index (χ0v) is 32.0. The SMILES string of the molecule is CCOc1cccc(C2C3=CCC4C(=O)N(c5ccc(CC)cc5)C(=O)C4C3CC3C(=O)N(Nc4ncc(C(F)(F)F)cc4Cl)C(=O)C32c2ccc(Cl)cc2)c1O. The van der Waals surface area contributed by atoms with Gasteiger partial charge in [-0.2, -0.15) is 18.2 Å². The number of imide groups is 2. The van der Waals surface area contributed by atoms with Crippen molar-refractivity contribution in [3.8, 4) is 11.5 Å². The zero-order valence-electron chi connectivity index (χ0n) is 30.5. The Labute approximate surface area is 335 Å². The van der Waals surface area contributed by atoms with Gasteiger partial charge in [0.05, 0.1) is 46.0 Å². The van der Waals surface area contributed by atoms with Crippen LogP contribution in [0.4, 0.5) is 24.7 Å². The number of allylic oxidation sites excluding steroid dienone is 2. The Morgan fingerprint density at radius 1 is 0.947 bits per heavy atom. The fourth-order valence-corrected chi connectivity index (χ4v) is 9.64. The molecule has 15 heteroatoms. The van der Waals surface area contributed by atoms with Crippen LogP contribution in [0.5, 0.6) is 11.5 Å². The number of hydrogen-bond acceptors (Lipinski definition) is 8. The number of ether oxygens (including phenoxy) is 1. The van der Waals surface area contributed by atoms with Crippen LogP contribution in [0, 0.1) is 23.7 Å². The Kier molecular flexibility index (Phi) is 9.59. The number of hydrogen-bond donors (Lipinski definition) is 2. The van der Waals surface area contributed by atoms with Crippen molar-refractivity contribution in [1.82, 2.24) is 9.99 Å². The quantitative estimate of drug-likeness (QED) is 0.134. The fourth-order valence-electron chi connectivity index (χ4n) is 9.31. The largest absolute Gasteiger partial charge is 0.504 e. The third-order valence-corrected chi connectivity index (χ3v) is 12.3. The van der Waals surface area contributed by atoms with E-state index in [0.29, 0.717) is 39.1 Å². The summed E-state index contributed by atoms with van der Waals surface area (Å²) in [5.41, 5.74) is 2.25. The number of halogens is 5. The third kappa shape index (κ3) is 5.96. The summed E-state index contributed by atoms with van der Waals surface area (Å²) in [6.45, 7) is 3.93. The van der Waals surface area contributed by atoms with Gasteiger partial charge in [-0.1, -0.05) is 78.2 Å². The second-order valence-corrected chi connectivity index (χ2v) is 15.4. The van der Waals surface area contributed by atoms with Crippen molar-refractivity contribution in [1.29, 1.82) is 0 Å². The molecule has 6 unspecified atom stereocenters. The van der Waals surface area contributed by atoms with Gasteiger partial charge in [-0.15, -0.1) is 0 Å². The number of phenolic OH excluding ortho intramolecular Hbond substituents is 1. The number of aryl methyl sites for hydroxylation is 1. The Bertz CT molecular complexity index is 2360. The minimum Gasteiger partial charge on any atom is -0.504 e. The predicted octanol–water partition coefficient (Wildman–Crippen LogP) is 8.26. The molecule has 0 radical (unpaired) electrons. The highest BCUT2D eigenvalue weighted by Crippen LogP contribution is 2.65. The molecule has 2 aliphatic carbocycles. The van der Waals surface area contributed by atoms with E-state index in [-0.39, 0.29) is 48.2 Å². The minimum atomic E-state index is -4.76. The van der Waals surface area contributed by atoms with Gasteiger partial charge in [0, 0.05) is 22.7 Å². The van der Waals surface area contributed by atoms with Gasteiger partial charge in [0.25, 0.3) is 11.8 Å². The number of carbonyl (C=O) groups excluding carboxylic acids is 4. The van der Waals surface area contributed by atoms with Gasteiger partial charge in [-0.05, 0) is 79.6 Å². The van der Waals surface area contributed by atoms with E-state index in [2.05, 4.69) is 10.4 Å². The molecule has 3 heterocycles. The second kappa shape index (κ2) is 14.2. The summed E-state index contributed by atoms with van der Waals surface area (Å²) in [6, 6.07) is 19.0. The molecule has 6 atom stereocenters. The number of pyridine rings is 1. The smallest absolute Gasteiger partial charge is 0.417 e. The summed E-state index contributed by atoms with van der Waals surface area (Å²) in [5, 5.41) is 12.5. The number of anilines is 2. The van der Waals surface area contributed by atoms with Crippen LogP contribution in [0.2, 0.25) is 10.0 Å². The normalized spacial score (nSPS) is 25.6. The minimum absolute atomic E-state index is 0.0728. The summed E-state index contributed by atoms with van der Waals surface area (Å²) < 4.78 is 46.3. The molecule has 1 saturated carbocycles. The first-order valence-corrected chi connectivity index (χ1v) is 19.2. The molecule has 57 heavy (non-hydrogen) atoms. The summed E-state index contributed by atoms with van der Waals surface area (Å²) >= 11 is 12.6. The van der Waals surface area contributed by atoms with Crippen LogP contribution in [0.15, 0.2) is 90.6 Å². The van der Waals surface area contributed by atoms with Crippen LogP contribution >= 0.6 is 23.2 Å². The average molecular weight is 820 g/mol. The van der Waals surface area contributed by atoms with Crippen molar-refractivity contribution >= 4 is 58.3 Å². The third-order valence-electron chi connectivity index (χ3n) is 11.8. The number of para-hydroxylation sites is 1. The standard InChI is InChI=1S/C42H35Cl2F3N4O6/c1-3-21-8-14-25(15-9-21)50-37(53)27-17-16-26-29(33(27)39(50)55)19-30-38(54)51(49-36-31(44)18-23(20-48-36)42(45,46)47)40(56)41(30,22-10-12-24(43)13-11-22)34(26)28-6-5-7-32(35(28)52)57-4-2/h5-16,18,20,27,29-30,33-34,52H,3-4,17,19H2,1-2H3,(H,48,49). The van der Waals surface area contributed by atoms with Crippen molar-refractivity contribution in [3.63, 3.8) is 0 Å². The average Bonchev–Trinajstić information content (AvgIpc) is 3.57. The van der Waals surface area contributed by atoms with Crippen LogP contribution in [0.3, 0.4) is 0 Å². The molecule has 1 aromatic heterocycles. The summed E-state index contributed by atoms with van der Waals surface area (Å²) in [4.78, 5) is 64.1. The highest BCUT2D eigenvalue weighted by Gasteiger charge is 2.71. The van der Waals surface area contributed by atoms with Gasteiger partial charge in [0.2, 0.25) is 11.8 Å². The number of fused-ring (bicyclic) bond motifs is 4. The predicted molar refractivity (Wildman–Crippen MR) is 204 cm³/mol. The molecule has 2 N–H and O–H groups in total. The highest BCUT2D eigenvalue weighted by atomic mass is 35.5. The molecule has 3 fully saturated rings. The molecule has 294 valence electrons. The lowest BCUT2D eigenvalue weighted by Gasteiger charge is -2.50. The van der Waals surface area contributed by atoms with Crippen molar-refractivity contribution < 1.29 is 42.2 Å². The number of rotatable bonds is 8. The van der Waals surface area contributed by atoms with Crippen molar-refractivity contribution in [2.75, 3.05) is 16.9 Å². The number of phenols is 1. The van der Waals surface area contributed by atoms with E-state index in [1.165, 1.54) is 4.90 Å². The van der Waals surface area contributed by atoms with Crippen molar-refractivity contribution in [3.05, 3.63) is 123 Å². The van der Waals surface area contributed by atoms with Gasteiger partial charge in [-0.3, -0.25) is 29.5 Å². The molecule has 3 aromatic carbocycles. The van der Waals surface area contributed by atoms with Crippen molar-refractivity contribution in [2.45, 2.75) is 50.6 Å². The van der Waals surface area contributed by atoms with Gasteiger partial charge < -0.3 is 9.84 Å². The molecule has 8 rings (SSSR count). The van der Waals surface area contributed by atoms with Gasteiger partial charge in [0.15, 0.2) is 17.3 Å². The van der Waals surface area contributed by atoms with Gasteiger partial charge >= 0.3 is 6.18 Å². The van der Waals surface area contributed by atoms with Crippen LogP contribution in [-0.2, 0) is 37.2 Å². The Hall–Kier alpha value is -5.40. The Morgan fingerprint density at radius 2 is 1.67 bits per heavy atom.